The molecule has 0 saturated carbocycles. The molecule has 1 aromatic heterocycles. The summed E-state index contributed by atoms with van der Waals surface area (Å²) >= 11 is 0. The first-order valence-corrected chi connectivity index (χ1v) is 11.5. The van der Waals surface area contributed by atoms with E-state index in [1.165, 1.54) is 6.20 Å². The Balaban J connectivity index is 1.82. The van der Waals surface area contributed by atoms with Gasteiger partial charge in [-0.1, -0.05) is 23.8 Å². The van der Waals surface area contributed by atoms with E-state index in [1.807, 2.05) is 44.1 Å². The van der Waals surface area contributed by atoms with Crippen molar-refractivity contribution in [2.45, 2.75) is 31.9 Å². The minimum absolute atomic E-state index is 0.0400. The van der Waals surface area contributed by atoms with Crippen molar-refractivity contribution in [3.05, 3.63) is 71.0 Å². The summed E-state index contributed by atoms with van der Waals surface area (Å²) < 4.78 is 39.4. The van der Waals surface area contributed by atoms with Gasteiger partial charge in [0.15, 0.2) is 0 Å². The summed E-state index contributed by atoms with van der Waals surface area (Å²) in [5.41, 5.74) is 3.50. The van der Waals surface area contributed by atoms with Gasteiger partial charge in [-0.05, 0) is 57.8 Å². The van der Waals surface area contributed by atoms with Crippen LogP contribution in [0.2, 0.25) is 0 Å². The summed E-state index contributed by atoms with van der Waals surface area (Å²) in [5, 5.41) is 0. The first-order chi connectivity index (χ1) is 15.2. The number of anilines is 1. The third-order valence-electron chi connectivity index (χ3n) is 4.63. The highest BCUT2D eigenvalue weighted by Gasteiger charge is 2.19. The summed E-state index contributed by atoms with van der Waals surface area (Å²) in [7, 11) is 1.77. The smallest absolute Gasteiger partial charge is 0.263 e. The number of hydrogen-bond donors (Lipinski definition) is 1. The van der Waals surface area contributed by atoms with E-state index < -0.39 is 10.0 Å². The molecule has 0 bridgehead atoms. The number of benzene rings is 2. The molecule has 3 rings (SSSR count). The molecule has 32 heavy (non-hydrogen) atoms. The van der Waals surface area contributed by atoms with Crippen LogP contribution in [0.15, 0.2) is 53.6 Å². The molecule has 0 aliphatic carbocycles. The van der Waals surface area contributed by atoms with Crippen LogP contribution in [0.25, 0.3) is 0 Å². The van der Waals surface area contributed by atoms with Gasteiger partial charge < -0.3 is 14.4 Å². The monoisotopic (exact) mass is 456 g/mol. The fourth-order valence-corrected chi connectivity index (χ4v) is 4.07. The van der Waals surface area contributed by atoms with Gasteiger partial charge in [-0.25, -0.2) is 18.4 Å². The molecule has 0 saturated heterocycles. The summed E-state index contributed by atoms with van der Waals surface area (Å²) in [6.45, 7) is 4.57. The number of aryl methyl sites for hydroxylation is 2. The van der Waals surface area contributed by atoms with Gasteiger partial charge in [0.25, 0.3) is 15.9 Å². The highest BCUT2D eigenvalue weighted by Crippen LogP contribution is 2.26. The van der Waals surface area contributed by atoms with Crippen molar-refractivity contribution in [2.24, 2.45) is 0 Å². The third-order valence-corrected chi connectivity index (χ3v) is 5.99. The largest absolute Gasteiger partial charge is 0.496 e. The van der Waals surface area contributed by atoms with E-state index in [2.05, 4.69) is 14.7 Å². The van der Waals surface area contributed by atoms with Crippen LogP contribution >= 0.6 is 0 Å². The third kappa shape index (κ3) is 5.95. The van der Waals surface area contributed by atoms with Crippen LogP contribution in [-0.4, -0.2) is 44.5 Å². The summed E-state index contributed by atoms with van der Waals surface area (Å²) in [6.07, 6.45) is 1.49. The molecule has 8 nitrogen and oxygen atoms in total. The molecule has 0 unspecified atom stereocenters. The fraction of sp³-hybridized carbons (Fsp3) is 0.304. The molecule has 0 spiro atoms. The van der Waals surface area contributed by atoms with Crippen LogP contribution in [0, 0.1) is 13.8 Å². The number of aromatic nitrogens is 2. The van der Waals surface area contributed by atoms with E-state index in [0.717, 1.165) is 22.4 Å². The minimum atomic E-state index is -3.83. The summed E-state index contributed by atoms with van der Waals surface area (Å²) in [5.74, 6) is 0.952. The standard InChI is InChI=1S/C23H28N4O4S/c1-16-6-9-20(10-7-16)32(28,29)26-22-23(25-17(2)13-24-22)31-15-18-8-11-21(30-5)19(12-18)14-27(3)4/h6-13H,14-15H2,1-5H3,(H,24,26). The maximum Gasteiger partial charge on any atom is 0.263 e. The fourth-order valence-electron chi connectivity index (χ4n) is 3.07. The second kappa shape index (κ2) is 9.97. The van der Waals surface area contributed by atoms with E-state index in [0.29, 0.717) is 12.2 Å². The highest BCUT2D eigenvalue weighted by atomic mass is 32.2. The molecule has 0 fully saturated rings. The number of ether oxygens (including phenoxy) is 2. The van der Waals surface area contributed by atoms with Gasteiger partial charge in [0.05, 0.1) is 23.9 Å². The highest BCUT2D eigenvalue weighted by molar-refractivity contribution is 7.92. The SMILES string of the molecule is COc1ccc(COc2nc(C)cnc2NS(=O)(=O)c2ccc(C)cc2)cc1CN(C)C. The van der Waals surface area contributed by atoms with Gasteiger partial charge in [0, 0.05) is 12.1 Å². The lowest BCUT2D eigenvalue weighted by Crippen LogP contribution is -2.16. The lowest BCUT2D eigenvalue weighted by atomic mass is 10.1. The molecular weight excluding hydrogens is 428 g/mol. The topological polar surface area (TPSA) is 93.6 Å². The molecule has 1 N–H and O–H groups in total. The van der Waals surface area contributed by atoms with E-state index in [-0.39, 0.29) is 23.2 Å². The number of hydrogen-bond acceptors (Lipinski definition) is 7. The predicted octanol–water partition coefficient (Wildman–Crippen LogP) is 3.54. The average Bonchev–Trinajstić information content (AvgIpc) is 2.74. The Bertz CT molecular complexity index is 1180. The molecule has 0 aliphatic rings. The number of nitrogens with zero attached hydrogens (tertiary/aromatic N) is 3. The Morgan fingerprint density at radius 2 is 1.78 bits per heavy atom. The lowest BCUT2D eigenvalue weighted by molar-refractivity contribution is 0.293. The normalized spacial score (nSPS) is 11.4. The average molecular weight is 457 g/mol. The van der Waals surface area contributed by atoms with E-state index >= 15 is 0 Å². The second-order valence-corrected chi connectivity index (χ2v) is 9.44. The van der Waals surface area contributed by atoms with Crippen LogP contribution in [-0.2, 0) is 23.2 Å². The van der Waals surface area contributed by atoms with Gasteiger partial charge in [-0.2, -0.15) is 0 Å². The van der Waals surface area contributed by atoms with Crippen molar-refractivity contribution in [3.8, 4) is 11.6 Å². The molecule has 0 atom stereocenters. The van der Waals surface area contributed by atoms with Gasteiger partial charge in [-0.3, -0.25) is 4.72 Å². The molecule has 2 aromatic carbocycles. The van der Waals surface area contributed by atoms with Gasteiger partial charge in [0.2, 0.25) is 5.82 Å². The zero-order chi connectivity index (χ0) is 23.3. The van der Waals surface area contributed by atoms with Crippen LogP contribution in [0.4, 0.5) is 5.82 Å². The van der Waals surface area contributed by atoms with E-state index in [1.54, 1.807) is 38.3 Å². The molecular formula is C23H28N4O4S. The molecule has 0 radical (unpaired) electrons. The van der Waals surface area contributed by atoms with Gasteiger partial charge in [-0.15, -0.1) is 0 Å². The summed E-state index contributed by atoms with van der Waals surface area (Å²) in [6, 6.07) is 12.4. The Morgan fingerprint density at radius 3 is 2.44 bits per heavy atom. The Hall–Kier alpha value is -3.17. The molecule has 1 heterocycles. The number of sulfonamides is 1. The molecule has 0 aliphatic heterocycles. The molecule has 3 aromatic rings. The van der Waals surface area contributed by atoms with Crippen LogP contribution < -0.4 is 14.2 Å². The van der Waals surface area contributed by atoms with Crippen molar-refractivity contribution < 1.29 is 17.9 Å². The zero-order valence-electron chi connectivity index (χ0n) is 18.9. The minimum Gasteiger partial charge on any atom is -0.496 e. The van der Waals surface area contributed by atoms with Gasteiger partial charge in [0.1, 0.15) is 12.4 Å². The van der Waals surface area contributed by atoms with Crippen LogP contribution in [0.3, 0.4) is 0 Å². The summed E-state index contributed by atoms with van der Waals surface area (Å²) in [4.78, 5) is 10.7. The Kier molecular flexibility index (Phi) is 7.32. The Morgan fingerprint density at radius 1 is 1.06 bits per heavy atom. The van der Waals surface area contributed by atoms with Crippen molar-refractivity contribution in [2.75, 3.05) is 25.9 Å². The van der Waals surface area contributed by atoms with E-state index in [9.17, 15) is 8.42 Å². The maximum atomic E-state index is 12.8. The quantitative estimate of drug-likeness (QED) is 0.526. The van der Waals surface area contributed by atoms with Crippen molar-refractivity contribution in [1.29, 1.82) is 0 Å². The number of methoxy groups -OCH3 is 1. The van der Waals surface area contributed by atoms with Gasteiger partial charge >= 0.3 is 0 Å². The molecule has 0 amide bonds. The van der Waals surface area contributed by atoms with Crippen LogP contribution in [0.5, 0.6) is 11.6 Å². The first-order valence-electron chi connectivity index (χ1n) is 10.0. The van der Waals surface area contributed by atoms with Crippen molar-refractivity contribution in [3.63, 3.8) is 0 Å². The molecule has 9 heteroatoms. The Labute approximate surface area is 189 Å². The zero-order valence-corrected chi connectivity index (χ0v) is 19.7. The number of rotatable bonds is 9. The molecule has 170 valence electrons. The van der Waals surface area contributed by atoms with Crippen molar-refractivity contribution >= 4 is 15.8 Å². The van der Waals surface area contributed by atoms with Crippen molar-refractivity contribution in [1.82, 2.24) is 14.9 Å². The van der Waals surface area contributed by atoms with Crippen LogP contribution in [0.1, 0.15) is 22.4 Å². The van der Waals surface area contributed by atoms with E-state index in [4.69, 9.17) is 9.47 Å². The lowest BCUT2D eigenvalue weighted by Gasteiger charge is -2.16. The second-order valence-electron chi connectivity index (χ2n) is 7.76. The first kappa shape index (κ1) is 23.5. The predicted molar refractivity (Wildman–Crippen MR) is 123 cm³/mol. The number of nitrogens with one attached hydrogen (secondary N) is 1. The maximum absolute atomic E-state index is 12.8.